The minimum absolute atomic E-state index is 0.799. The topological polar surface area (TPSA) is 26.2 Å². The van der Waals surface area contributed by atoms with Gasteiger partial charge in [0.15, 0.2) is 0 Å². The van der Waals surface area contributed by atoms with Crippen LogP contribution in [0.3, 0.4) is 0 Å². The van der Waals surface area contributed by atoms with Gasteiger partial charge in [0, 0.05) is 42.4 Å². The summed E-state index contributed by atoms with van der Waals surface area (Å²) in [5.41, 5.74) is 6.10. The number of nitrogens with one attached hydrogen (secondary N) is 1. The summed E-state index contributed by atoms with van der Waals surface area (Å²) in [5, 5.41) is 4.29. The highest BCUT2D eigenvalue weighted by molar-refractivity contribution is 6.31. The highest BCUT2D eigenvalue weighted by Gasteiger charge is 2.13. The maximum Gasteiger partial charge on any atom is 0.0499 e. The van der Waals surface area contributed by atoms with Gasteiger partial charge >= 0.3 is 0 Å². The third-order valence-corrected chi connectivity index (χ3v) is 4.44. The van der Waals surface area contributed by atoms with Crippen LogP contribution in [0.25, 0.3) is 5.69 Å². The van der Waals surface area contributed by atoms with E-state index in [9.17, 15) is 0 Å². The molecule has 0 aliphatic heterocycles. The first-order valence-corrected chi connectivity index (χ1v) is 8.07. The summed E-state index contributed by atoms with van der Waals surface area (Å²) < 4.78 is 7.35. The number of benzene rings is 1. The maximum absolute atomic E-state index is 6.27. The van der Waals surface area contributed by atoms with E-state index in [0.29, 0.717) is 0 Å². The van der Waals surface area contributed by atoms with Crippen LogP contribution >= 0.6 is 11.6 Å². The molecule has 0 radical (unpaired) electrons. The molecular formula is C18H25ClN2O. The number of methoxy groups -OCH3 is 1. The molecule has 120 valence electrons. The Bertz CT molecular complexity index is 634. The first-order chi connectivity index (χ1) is 10.6. The van der Waals surface area contributed by atoms with Crippen LogP contribution in [-0.2, 0) is 11.3 Å². The first kappa shape index (κ1) is 17.1. The maximum atomic E-state index is 6.27. The molecule has 0 aliphatic rings. The average Bonchev–Trinajstić information content (AvgIpc) is 2.77. The molecular weight excluding hydrogens is 296 g/mol. The van der Waals surface area contributed by atoms with Gasteiger partial charge in [-0.05, 0) is 63.1 Å². The molecule has 22 heavy (non-hydrogen) atoms. The second-order valence-electron chi connectivity index (χ2n) is 5.64. The monoisotopic (exact) mass is 320 g/mol. The summed E-state index contributed by atoms with van der Waals surface area (Å²) in [4.78, 5) is 0. The van der Waals surface area contributed by atoms with Crippen LogP contribution in [-0.4, -0.2) is 24.8 Å². The molecule has 1 heterocycles. The Morgan fingerprint density at radius 3 is 2.73 bits per heavy atom. The van der Waals surface area contributed by atoms with Crippen molar-refractivity contribution in [1.29, 1.82) is 0 Å². The predicted octanol–water partition coefficient (Wildman–Crippen LogP) is 4.18. The van der Waals surface area contributed by atoms with E-state index >= 15 is 0 Å². The van der Waals surface area contributed by atoms with Gasteiger partial charge in [0.05, 0.1) is 0 Å². The molecule has 1 aromatic carbocycles. The number of nitrogens with zero attached hydrogens (tertiary/aromatic N) is 1. The molecule has 1 N–H and O–H groups in total. The second kappa shape index (κ2) is 7.82. The Morgan fingerprint density at radius 2 is 2.00 bits per heavy atom. The fraction of sp³-hybridized carbons (Fsp3) is 0.444. The van der Waals surface area contributed by atoms with E-state index < -0.39 is 0 Å². The normalized spacial score (nSPS) is 11.1. The summed E-state index contributed by atoms with van der Waals surface area (Å²) in [6.07, 6.45) is 1.03. The van der Waals surface area contributed by atoms with Crippen molar-refractivity contribution in [2.24, 2.45) is 0 Å². The first-order valence-electron chi connectivity index (χ1n) is 7.69. The summed E-state index contributed by atoms with van der Waals surface area (Å²) >= 11 is 6.27. The number of aryl methyl sites for hydroxylation is 1. The largest absolute Gasteiger partial charge is 0.385 e. The Morgan fingerprint density at radius 1 is 1.23 bits per heavy atom. The van der Waals surface area contributed by atoms with Gasteiger partial charge in [-0.2, -0.15) is 0 Å². The van der Waals surface area contributed by atoms with Crippen molar-refractivity contribution in [3.05, 3.63) is 51.8 Å². The van der Waals surface area contributed by atoms with Crippen LogP contribution in [0.4, 0.5) is 0 Å². The number of rotatable bonds is 7. The fourth-order valence-corrected chi connectivity index (χ4v) is 2.95. The smallest absolute Gasteiger partial charge is 0.0499 e. The van der Waals surface area contributed by atoms with Crippen LogP contribution in [0.15, 0.2) is 24.3 Å². The number of halogens is 1. The van der Waals surface area contributed by atoms with Crippen LogP contribution in [0, 0.1) is 20.8 Å². The minimum Gasteiger partial charge on any atom is -0.385 e. The molecule has 2 rings (SSSR count). The highest BCUT2D eigenvalue weighted by atomic mass is 35.5. The average molecular weight is 321 g/mol. The third-order valence-electron chi connectivity index (χ3n) is 4.03. The lowest BCUT2D eigenvalue weighted by Crippen LogP contribution is -2.16. The van der Waals surface area contributed by atoms with E-state index in [1.54, 1.807) is 7.11 Å². The molecule has 0 atom stereocenters. The lowest BCUT2D eigenvalue weighted by molar-refractivity contribution is 0.194. The Hall–Kier alpha value is -1.29. The molecule has 2 aromatic rings. The van der Waals surface area contributed by atoms with Crippen molar-refractivity contribution in [1.82, 2.24) is 9.88 Å². The second-order valence-corrected chi connectivity index (χ2v) is 6.05. The Kier molecular flexibility index (Phi) is 6.07. The van der Waals surface area contributed by atoms with E-state index in [1.807, 2.05) is 12.1 Å². The van der Waals surface area contributed by atoms with Crippen molar-refractivity contribution < 1.29 is 4.74 Å². The van der Waals surface area contributed by atoms with Gasteiger partial charge in [0.25, 0.3) is 0 Å². The SMILES string of the molecule is COCCCNCc1cc(C)n(-c2cccc(Cl)c2C)c1C. The van der Waals surface area contributed by atoms with Crippen LogP contribution in [0.1, 0.15) is 28.9 Å². The molecule has 3 nitrogen and oxygen atoms in total. The third kappa shape index (κ3) is 3.72. The van der Waals surface area contributed by atoms with Crippen LogP contribution in [0.2, 0.25) is 5.02 Å². The van der Waals surface area contributed by atoms with E-state index in [0.717, 1.165) is 42.4 Å². The molecule has 0 unspecified atom stereocenters. The van der Waals surface area contributed by atoms with Gasteiger partial charge in [-0.3, -0.25) is 0 Å². The Balaban J connectivity index is 2.18. The number of aromatic nitrogens is 1. The van der Waals surface area contributed by atoms with Crippen LogP contribution < -0.4 is 5.32 Å². The summed E-state index contributed by atoms with van der Waals surface area (Å²) in [6.45, 7) is 9.02. The van der Waals surface area contributed by atoms with Crippen molar-refractivity contribution in [3.63, 3.8) is 0 Å². The molecule has 0 amide bonds. The zero-order chi connectivity index (χ0) is 16.1. The van der Waals surface area contributed by atoms with E-state index in [-0.39, 0.29) is 0 Å². The lowest BCUT2D eigenvalue weighted by atomic mass is 10.2. The molecule has 0 aliphatic carbocycles. The van der Waals surface area contributed by atoms with Crippen molar-refractivity contribution in [2.45, 2.75) is 33.7 Å². The van der Waals surface area contributed by atoms with Gasteiger partial charge in [0.2, 0.25) is 0 Å². The van der Waals surface area contributed by atoms with Crippen molar-refractivity contribution in [3.8, 4) is 5.69 Å². The fourth-order valence-electron chi connectivity index (χ4n) is 2.78. The van der Waals surface area contributed by atoms with Gasteiger partial charge in [-0.1, -0.05) is 17.7 Å². The standard InChI is InChI=1S/C18H25ClN2O/c1-13-11-16(12-20-9-6-10-22-4)15(3)21(13)18-8-5-7-17(19)14(18)2/h5,7-8,11,20H,6,9-10,12H2,1-4H3. The summed E-state index contributed by atoms with van der Waals surface area (Å²) in [5.74, 6) is 0. The van der Waals surface area contributed by atoms with Crippen LogP contribution in [0.5, 0.6) is 0 Å². The molecule has 0 spiro atoms. The van der Waals surface area contributed by atoms with E-state index in [1.165, 1.54) is 17.0 Å². The molecule has 0 saturated heterocycles. The summed E-state index contributed by atoms with van der Waals surface area (Å²) in [6, 6.07) is 8.31. The lowest BCUT2D eigenvalue weighted by Gasteiger charge is -2.14. The van der Waals surface area contributed by atoms with Crippen molar-refractivity contribution >= 4 is 11.6 Å². The zero-order valence-electron chi connectivity index (χ0n) is 13.9. The van der Waals surface area contributed by atoms with Gasteiger partial charge in [-0.15, -0.1) is 0 Å². The van der Waals surface area contributed by atoms with Gasteiger partial charge in [-0.25, -0.2) is 0 Å². The van der Waals surface area contributed by atoms with Crippen molar-refractivity contribution in [2.75, 3.05) is 20.3 Å². The zero-order valence-corrected chi connectivity index (χ0v) is 14.6. The van der Waals surface area contributed by atoms with E-state index in [4.69, 9.17) is 16.3 Å². The molecule has 0 fully saturated rings. The minimum atomic E-state index is 0.799. The number of hydrogen-bond donors (Lipinski definition) is 1. The van der Waals surface area contributed by atoms with E-state index in [2.05, 4.69) is 42.8 Å². The number of hydrogen-bond acceptors (Lipinski definition) is 2. The quantitative estimate of drug-likeness (QED) is 0.774. The molecule has 0 saturated carbocycles. The summed E-state index contributed by atoms with van der Waals surface area (Å²) in [7, 11) is 1.74. The molecule has 0 bridgehead atoms. The van der Waals surface area contributed by atoms with Gasteiger partial charge in [0.1, 0.15) is 0 Å². The molecule has 1 aromatic heterocycles. The number of ether oxygens (including phenoxy) is 1. The Labute approximate surface area is 138 Å². The highest BCUT2D eigenvalue weighted by Crippen LogP contribution is 2.27. The molecule has 4 heteroatoms. The van der Waals surface area contributed by atoms with Gasteiger partial charge < -0.3 is 14.6 Å². The predicted molar refractivity (Wildman–Crippen MR) is 93.2 cm³/mol.